The van der Waals surface area contributed by atoms with Gasteiger partial charge in [-0.25, -0.2) is 8.78 Å². The van der Waals surface area contributed by atoms with Gasteiger partial charge in [0.1, 0.15) is 0 Å². The van der Waals surface area contributed by atoms with Gasteiger partial charge in [-0.15, -0.1) is 11.3 Å². The van der Waals surface area contributed by atoms with Gasteiger partial charge in [0.2, 0.25) is 0 Å². The molecule has 0 fully saturated rings. The van der Waals surface area contributed by atoms with Gasteiger partial charge in [-0.3, -0.25) is 0 Å². The summed E-state index contributed by atoms with van der Waals surface area (Å²) < 4.78 is 26.1. The second-order valence-electron chi connectivity index (χ2n) is 3.91. The summed E-state index contributed by atoms with van der Waals surface area (Å²) in [4.78, 5) is 2.26. The zero-order valence-electron chi connectivity index (χ0n) is 9.41. The Bertz CT molecular complexity index is 522. The van der Waals surface area contributed by atoms with Gasteiger partial charge in [0.15, 0.2) is 11.6 Å². The third-order valence-electron chi connectivity index (χ3n) is 2.69. The molecule has 0 bridgehead atoms. The molecule has 2 aromatic rings. The summed E-state index contributed by atoms with van der Waals surface area (Å²) in [7, 11) is 0. The zero-order chi connectivity index (χ0) is 12.4. The maximum absolute atomic E-state index is 13.2. The standard InChI is InChI=1S/C13H13F2NS/c1-8-2-5-13(17-8)10(7-16)9-3-4-11(14)12(15)6-9/h2-6,10H,7,16H2,1H3. The lowest BCUT2D eigenvalue weighted by molar-refractivity contribution is 0.506. The van der Waals surface area contributed by atoms with Crippen LogP contribution in [-0.4, -0.2) is 6.54 Å². The van der Waals surface area contributed by atoms with Gasteiger partial charge >= 0.3 is 0 Å². The van der Waals surface area contributed by atoms with Gasteiger partial charge in [0.25, 0.3) is 0 Å². The number of nitrogens with two attached hydrogens (primary N) is 1. The molecule has 0 aliphatic rings. The Labute approximate surface area is 103 Å². The first-order valence-electron chi connectivity index (χ1n) is 5.33. The van der Waals surface area contributed by atoms with E-state index in [4.69, 9.17) is 5.73 Å². The fraction of sp³-hybridized carbons (Fsp3) is 0.231. The van der Waals surface area contributed by atoms with Gasteiger partial charge in [0, 0.05) is 22.2 Å². The first-order valence-corrected chi connectivity index (χ1v) is 6.15. The zero-order valence-corrected chi connectivity index (χ0v) is 10.2. The first-order chi connectivity index (χ1) is 8.11. The number of hydrogen-bond acceptors (Lipinski definition) is 2. The highest BCUT2D eigenvalue weighted by molar-refractivity contribution is 7.12. The second-order valence-corrected chi connectivity index (χ2v) is 5.23. The van der Waals surface area contributed by atoms with Crippen LogP contribution in [0.3, 0.4) is 0 Å². The summed E-state index contributed by atoms with van der Waals surface area (Å²) in [6, 6.07) is 7.95. The molecule has 0 saturated carbocycles. The smallest absolute Gasteiger partial charge is 0.159 e. The Morgan fingerprint density at radius 3 is 2.47 bits per heavy atom. The van der Waals surface area contributed by atoms with Crippen molar-refractivity contribution in [2.24, 2.45) is 5.73 Å². The lowest BCUT2D eigenvalue weighted by atomic mass is 9.97. The van der Waals surface area contributed by atoms with Crippen LogP contribution in [0, 0.1) is 18.6 Å². The quantitative estimate of drug-likeness (QED) is 0.891. The van der Waals surface area contributed by atoms with E-state index in [1.807, 2.05) is 19.1 Å². The van der Waals surface area contributed by atoms with Gasteiger partial charge in [0.05, 0.1) is 0 Å². The Hall–Kier alpha value is -1.26. The van der Waals surface area contributed by atoms with E-state index in [9.17, 15) is 8.78 Å². The van der Waals surface area contributed by atoms with Crippen molar-refractivity contribution in [2.75, 3.05) is 6.54 Å². The molecule has 0 aliphatic heterocycles. The molecule has 1 aromatic carbocycles. The second kappa shape index (κ2) is 4.94. The van der Waals surface area contributed by atoms with Crippen molar-refractivity contribution in [1.29, 1.82) is 0 Å². The van der Waals surface area contributed by atoms with Crippen molar-refractivity contribution in [1.82, 2.24) is 0 Å². The average molecular weight is 253 g/mol. The molecular weight excluding hydrogens is 240 g/mol. The molecule has 4 heteroatoms. The fourth-order valence-electron chi connectivity index (χ4n) is 1.79. The highest BCUT2D eigenvalue weighted by atomic mass is 32.1. The molecule has 1 aromatic heterocycles. The maximum atomic E-state index is 13.2. The third kappa shape index (κ3) is 2.53. The van der Waals surface area contributed by atoms with Crippen LogP contribution in [0.5, 0.6) is 0 Å². The largest absolute Gasteiger partial charge is 0.329 e. The van der Waals surface area contributed by atoms with Crippen LogP contribution in [0.15, 0.2) is 30.3 Å². The molecule has 0 spiro atoms. The Morgan fingerprint density at radius 2 is 1.94 bits per heavy atom. The molecule has 0 aliphatic carbocycles. The minimum Gasteiger partial charge on any atom is -0.329 e. The first kappa shape index (κ1) is 12.2. The van der Waals surface area contributed by atoms with Crippen LogP contribution < -0.4 is 5.73 Å². The Morgan fingerprint density at radius 1 is 1.18 bits per heavy atom. The molecule has 0 saturated heterocycles. The molecule has 0 amide bonds. The summed E-state index contributed by atoms with van der Waals surface area (Å²) in [6.45, 7) is 2.39. The van der Waals surface area contributed by atoms with E-state index in [-0.39, 0.29) is 5.92 Å². The molecule has 1 atom stereocenters. The van der Waals surface area contributed by atoms with Crippen molar-refractivity contribution in [2.45, 2.75) is 12.8 Å². The van der Waals surface area contributed by atoms with Crippen molar-refractivity contribution >= 4 is 11.3 Å². The normalized spacial score (nSPS) is 12.7. The number of rotatable bonds is 3. The minimum absolute atomic E-state index is 0.0659. The van der Waals surface area contributed by atoms with E-state index in [1.165, 1.54) is 10.9 Å². The third-order valence-corrected chi connectivity index (χ3v) is 3.80. The average Bonchev–Trinajstić information content (AvgIpc) is 2.71. The molecule has 2 rings (SSSR count). The lowest BCUT2D eigenvalue weighted by Gasteiger charge is -2.13. The summed E-state index contributed by atoms with van der Waals surface area (Å²) >= 11 is 1.63. The van der Waals surface area contributed by atoms with Gasteiger partial charge in [-0.1, -0.05) is 6.07 Å². The fourth-order valence-corrected chi connectivity index (χ4v) is 2.80. The van der Waals surface area contributed by atoms with Gasteiger partial charge in [-0.2, -0.15) is 0 Å². The van der Waals surface area contributed by atoms with Crippen molar-refractivity contribution in [3.8, 4) is 0 Å². The number of aryl methyl sites for hydroxylation is 1. The highest BCUT2D eigenvalue weighted by Gasteiger charge is 2.16. The molecule has 1 heterocycles. The van der Waals surface area contributed by atoms with E-state index in [2.05, 4.69) is 0 Å². The van der Waals surface area contributed by atoms with Crippen LogP contribution >= 0.6 is 11.3 Å². The molecule has 0 radical (unpaired) electrons. The van der Waals surface area contributed by atoms with E-state index >= 15 is 0 Å². The molecule has 90 valence electrons. The monoisotopic (exact) mass is 253 g/mol. The van der Waals surface area contributed by atoms with Crippen molar-refractivity contribution < 1.29 is 8.78 Å². The number of benzene rings is 1. The topological polar surface area (TPSA) is 26.0 Å². The number of hydrogen-bond donors (Lipinski definition) is 1. The van der Waals surface area contributed by atoms with E-state index in [1.54, 1.807) is 17.4 Å². The highest BCUT2D eigenvalue weighted by Crippen LogP contribution is 2.30. The van der Waals surface area contributed by atoms with Crippen LogP contribution in [-0.2, 0) is 0 Å². The summed E-state index contributed by atoms with van der Waals surface area (Å²) in [6.07, 6.45) is 0. The lowest BCUT2D eigenvalue weighted by Crippen LogP contribution is -2.13. The van der Waals surface area contributed by atoms with Crippen LogP contribution in [0.2, 0.25) is 0 Å². The van der Waals surface area contributed by atoms with Crippen LogP contribution in [0.1, 0.15) is 21.2 Å². The summed E-state index contributed by atoms with van der Waals surface area (Å²) in [5, 5.41) is 0. The van der Waals surface area contributed by atoms with Crippen molar-refractivity contribution in [3.05, 3.63) is 57.3 Å². The van der Waals surface area contributed by atoms with Gasteiger partial charge in [-0.05, 0) is 36.8 Å². The predicted octanol–water partition coefficient (Wildman–Crippen LogP) is 3.43. The van der Waals surface area contributed by atoms with Gasteiger partial charge < -0.3 is 5.73 Å². The summed E-state index contributed by atoms with van der Waals surface area (Å²) in [5.74, 6) is -1.72. The van der Waals surface area contributed by atoms with E-state index < -0.39 is 11.6 Å². The predicted molar refractivity (Wildman–Crippen MR) is 66.3 cm³/mol. The Kier molecular flexibility index (Phi) is 3.54. The van der Waals surface area contributed by atoms with Crippen LogP contribution in [0.25, 0.3) is 0 Å². The minimum atomic E-state index is -0.827. The van der Waals surface area contributed by atoms with Crippen molar-refractivity contribution in [3.63, 3.8) is 0 Å². The number of thiophene rings is 1. The molecule has 1 nitrogen and oxygen atoms in total. The Balaban J connectivity index is 2.38. The van der Waals surface area contributed by atoms with E-state index in [0.717, 1.165) is 10.9 Å². The maximum Gasteiger partial charge on any atom is 0.159 e. The van der Waals surface area contributed by atoms with Crippen LogP contribution in [0.4, 0.5) is 8.78 Å². The molecule has 1 unspecified atom stereocenters. The molecule has 2 N–H and O–H groups in total. The number of halogens is 2. The van der Waals surface area contributed by atoms with E-state index in [0.29, 0.717) is 12.1 Å². The molecular formula is C13H13F2NS. The summed E-state index contributed by atoms with van der Waals surface area (Å²) in [5.41, 5.74) is 6.44. The molecule has 17 heavy (non-hydrogen) atoms. The SMILES string of the molecule is Cc1ccc(C(CN)c2ccc(F)c(F)c2)s1.